The topological polar surface area (TPSA) is 41.3 Å². The molecule has 98 valence electrons. The number of benzene rings is 2. The molecule has 0 atom stereocenters. The summed E-state index contributed by atoms with van der Waals surface area (Å²) in [5.74, 6) is 0.494. The second kappa shape index (κ2) is 6.16. The smallest absolute Gasteiger partial charge is 0.333 e. The van der Waals surface area contributed by atoms with E-state index in [0.29, 0.717) is 22.0 Å². The number of halogens is 2. The van der Waals surface area contributed by atoms with Gasteiger partial charge in [-0.15, -0.1) is 5.43 Å². The fourth-order valence-electron chi connectivity index (χ4n) is 1.52. The quantitative estimate of drug-likeness (QED) is 0.613. The van der Waals surface area contributed by atoms with Crippen LogP contribution in [0, 0.1) is 4.91 Å². The van der Waals surface area contributed by atoms with E-state index in [9.17, 15) is 4.91 Å². The summed E-state index contributed by atoms with van der Waals surface area (Å²) in [5.41, 5.74) is 3.85. The van der Waals surface area contributed by atoms with Crippen LogP contribution in [0.25, 0.3) is 0 Å². The van der Waals surface area contributed by atoms with Crippen LogP contribution in [0.2, 0.25) is 0 Å². The molecule has 2 rings (SSSR count). The van der Waals surface area contributed by atoms with Crippen molar-refractivity contribution in [1.29, 1.82) is 0 Å². The molecule has 19 heavy (non-hydrogen) atoms. The summed E-state index contributed by atoms with van der Waals surface area (Å²) in [6.07, 6.45) is 0. The Balaban J connectivity index is 2.22. The highest BCUT2D eigenvalue weighted by Gasteiger charge is 2.21. The molecule has 0 aliphatic rings. The minimum atomic E-state index is 0.411. The van der Waals surface area contributed by atoms with Crippen molar-refractivity contribution >= 4 is 43.2 Å². The summed E-state index contributed by atoms with van der Waals surface area (Å²) < 4.78 is 6.99. The zero-order valence-corrected chi connectivity index (χ0v) is 13.2. The molecule has 0 amide bonds. The minimum Gasteiger partial charge on any atom is -0.490 e. The van der Waals surface area contributed by atoms with E-state index in [0.717, 1.165) is 8.95 Å². The summed E-state index contributed by atoms with van der Waals surface area (Å²) in [5, 5.41) is 0. The maximum Gasteiger partial charge on any atom is 0.333 e. The Kier molecular flexibility index (Phi) is 4.55. The first kappa shape index (κ1) is 14.0. The molecule has 0 aliphatic carbocycles. The number of rotatable bonds is 4. The number of hydrogen-bond acceptors (Lipinski definition) is 2. The number of hydrazine groups is 1. The molecule has 0 fully saturated rings. The molecule has 0 aliphatic heterocycles. The van der Waals surface area contributed by atoms with Crippen molar-refractivity contribution in [3.8, 4) is 5.75 Å². The zero-order chi connectivity index (χ0) is 13.8. The average Bonchev–Trinajstić information content (AvgIpc) is 2.41. The van der Waals surface area contributed by atoms with Crippen LogP contribution >= 0.6 is 31.9 Å². The van der Waals surface area contributed by atoms with E-state index < -0.39 is 0 Å². The van der Waals surface area contributed by atoms with Crippen molar-refractivity contribution in [1.82, 2.24) is 0 Å². The van der Waals surface area contributed by atoms with Gasteiger partial charge in [0.2, 0.25) is 0 Å². The maximum atomic E-state index is 12.1. The van der Waals surface area contributed by atoms with Crippen LogP contribution in [0.3, 0.4) is 0 Å². The van der Waals surface area contributed by atoms with Crippen molar-refractivity contribution < 1.29 is 9.61 Å². The van der Waals surface area contributed by atoms with E-state index >= 15 is 0 Å². The van der Waals surface area contributed by atoms with Gasteiger partial charge in [-0.25, -0.2) is 0 Å². The first-order chi connectivity index (χ1) is 9.10. The van der Waals surface area contributed by atoms with E-state index in [1.807, 2.05) is 12.1 Å². The Bertz CT molecular complexity index is 600. The molecule has 1 N–H and O–H groups in total. The van der Waals surface area contributed by atoms with Gasteiger partial charge in [-0.1, -0.05) is 31.9 Å². The molecule has 0 bridgehead atoms. The molecule has 0 radical (unpaired) electrons. The van der Waals surface area contributed by atoms with Crippen molar-refractivity contribution in [2.24, 2.45) is 0 Å². The third-order valence-corrected chi connectivity index (χ3v) is 3.46. The van der Waals surface area contributed by atoms with Crippen LogP contribution in [0.15, 0.2) is 51.4 Å². The average molecular weight is 387 g/mol. The molecule has 0 saturated carbocycles. The van der Waals surface area contributed by atoms with E-state index in [4.69, 9.17) is 4.74 Å². The molecular formula is C13H11Br2N2O2+. The van der Waals surface area contributed by atoms with Gasteiger partial charge in [-0.3, -0.25) is 0 Å². The van der Waals surface area contributed by atoms with Gasteiger partial charge in [-0.2, -0.15) is 0 Å². The Morgan fingerprint density at radius 1 is 1.05 bits per heavy atom. The lowest BCUT2D eigenvalue weighted by atomic mass is 10.3. The van der Waals surface area contributed by atoms with Gasteiger partial charge in [0.05, 0.1) is 12.0 Å². The second-order valence-electron chi connectivity index (χ2n) is 3.73. The largest absolute Gasteiger partial charge is 0.490 e. The lowest BCUT2D eigenvalue weighted by Crippen LogP contribution is -2.11. The molecule has 0 unspecified atom stereocenters. The molecule has 0 saturated heterocycles. The number of methoxy groups -OCH3 is 1. The second-order valence-corrected chi connectivity index (χ2v) is 5.56. The standard InChI is InChI=1S/C13H11Br2N2O2/c1-19-13-8-10(15)4-7-12(13)17(18)16-11-5-2-9(14)3-6-11/h2-8H,1H3,(H,16,18)/q+1. The highest BCUT2D eigenvalue weighted by Crippen LogP contribution is 2.30. The van der Waals surface area contributed by atoms with Crippen LogP contribution in [-0.2, 0) is 0 Å². The Labute approximate surface area is 127 Å². The number of nitrogens with one attached hydrogen (secondary N) is 1. The van der Waals surface area contributed by atoms with Crippen LogP contribution < -0.4 is 10.2 Å². The van der Waals surface area contributed by atoms with E-state index in [1.54, 1.807) is 30.3 Å². The number of hydrogen-bond donors (Lipinski definition) is 1. The van der Waals surface area contributed by atoms with Crippen LogP contribution in [0.5, 0.6) is 5.75 Å². The monoisotopic (exact) mass is 385 g/mol. The first-order valence-corrected chi connectivity index (χ1v) is 7.02. The van der Waals surface area contributed by atoms with Gasteiger partial charge in [0.15, 0.2) is 10.6 Å². The van der Waals surface area contributed by atoms with Crippen molar-refractivity contribution in [2.45, 2.75) is 0 Å². The number of anilines is 1. The fourth-order valence-corrected chi connectivity index (χ4v) is 2.13. The molecular weight excluding hydrogens is 376 g/mol. The molecule has 6 heteroatoms. The van der Waals surface area contributed by atoms with Gasteiger partial charge in [0, 0.05) is 21.1 Å². The third-order valence-electron chi connectivity index (χ3n) is 2.44. The van der Waals surface area contributed by atoms with Gasteiger partial charge in [-0.05, 0) is 30.3 Å². The molecule has 2 aromatic carbocycles. The predicted octanol–water partition coefficient (Wildman–Crippen LogP) is 4.66. The van der Waals surface area contributed by atoms with E-state index in [2.05, 4.69) is 37.3 Å². The minimum absolute atomic E-state index is 0.411. The molecule has 0 aromatic heterocycles. The van der Waals surface area contributed by atoms with Gasteiger partial charge < -0.3 is 4.74 Å². The van der Waals surface area contributed by atoms with E-state index in [-0.39, 0.29) is 0 Å². The summed E-state index contributed by atoms with van der Waals surface area (Å²) >= 11 is 6.68. The highest BCUT2D eigenvalue weighted by molar-refractivity contribution is 9.10. The summed E-state index contributed by atoms with van der Waals surface area (Å²) in [4.78, 5) is 12.8. The Hall–Kier alpha value is -1.40. The summed E-state index contributed by atoms with van der Waals surface area (Å²) in [7, 11) is 1.53. The van der Waals surface area contributed by atoms with Gasteiger partial charge in [0.25, 0.3) is 0 Å². The van der Waals surface area contributed by atoms with Crippen molar-refractivity contribution in [2.75, 3.05) is 12.5 Å². The van der Waals surface area contributed by atoms with Gasteiger partial charge >= 0.3 is 5.69 Å². The summed E-state index contributed by atoms with van der Waals surface area (Å²) in [6.45, 7) is 0. The maximum absolute atomic E-state index is 12.1. The van der Waals surface area contributed by atoms with Crippen LogP contribution in [-0.4, -0.2) is 12.0 Å². The summed E-state index contributed by atoms with van der Waals surface area (Å²) in [6, 6.07) is 12.5. The zero-order valence-electron chi connectivity index (χ0n) is 10.1. The third kappa shape index (κ3) is 3.54. The molecule has 0 heterocycles. The number of nitroso groups, excluding NO2 is 1. The first-order valence-electron chi connectivity index (χ1n) is 5.43. The molecule has 2 aromatic rings. The van der Waals surface area contributed by atoms with Crippen LogP contribution in [0.1, 0.15) is 0 Å². The normalized spacial score (nSPS) is 10.1. The van der Waals surface area contributed by atoms with Gasteiger partial charge in [0.1, 0.15) is 5.69 Å². The highest BCUT2D eigenvalue weighted by atomic mass is 79.9. The Morgan fingerprint density at radius 2 is 1.68 bits per heavy atom. The SMILES string of the molecule is COc1cc(Br)ccc1[N+](=O)Nc1ccc(Br)cc1. The number of nitrogens with zero attached hydrogens (tertiary/aromatic N) is 1. The van der Waals surface area contributed by atoms with Crippen LogP contribution in [0.4, 0.5) is 11.4 Å². The fraction of sp³-hybridized carbons (Fsp3) is 0.0769. The van der Waals surface area contributed by atoms with Crippen molar-refractivity contribution in [3.63, 3.8) is 0 Å². The lowest BCUT2D eigenvalue weighted by molar-refractivity contribution is -0.428. The van der Waals surface area contributed by atoms with Crippen molar-refractivity contribution in [3.05, 3.63) is 56.3 Å². The molecule has 4 nitrogen and oxygen atoms in total. The number of ether oxygens (including phenoxy) is 1. The lowest BCUT2D eigenvalue weighted by Gasteiger charge is -2.02. The Morgan fingerprint density at radius 3 is 2.32 bits per heavy atom. The predicted molar refractivity (Wildman–Crippen MR) is 81.7 cm³/mol. The van der Waals surface area contributed by atoms with E-state index in [1.165, 1.54) is 7.11 Å². The molecule has 0 spiro atoms.